The van der Waals surface area contributed by atoms with Crippen molar-refractivity contribution in [2.24, 2.45) is 0 Å². The van der Waals surface area contributed by atoms with Gasteiger partial charge < -0.3 is 0 Å². The van der Waals surface area contributed by atoms with Gasteiger partial charge in [0.15, 0.2) is 5.78 Å². The maximum Gasteiger partial charge on any atom is 0.277 e. The molecule has 15 heavy (non-hydrogen) atoms. The molecule has 0 aliphatic carbocycles. The highest BCUT2D eigenvalue weighted by Gasteiger charge is 2.27. The minimum absolute atomic E-state index is 0.378. The molecular weight excluding hydrogens is 225 g/mol. The summed E-state index contributed by atoms with van der Waals surface area (Å²) < 4.78 is 13.3. The van der Waals surface area contributed by atoms with Crippen LogP contribution >= 0.6 is 11.6 Å². The van der Waals surface area contributed by atoms with Gasteiger partial charge in [-0.15, -0.1) is 11.6 Å². The Morgan fingerprint density at radius 1 is 1.60 bits per heavy atom. The summed E-state index contributed by atoms with van der Waals surface area (Å²) in [5.74, 6) is -1.38. The average molecular weight is 232 g/mol. The van der Waals surface area contributed by atoms with Crippen molar-refractivity contribution >= 4 is 23.1 Å². The van der Waals surface area contributed by atoms with Crippen molar-refractivity contribution in [2.45, 2.75) is 12.3 Å². The summed E-state index contributed by atoms with van der Waals surface area (Å²) in [4.78, 5) is 20.8. The van der Waals surface area contributed by atoms with Crippen LogP contribution in [-0.2, 0) is 4.79 Å². The predicted molar refractivity (Wildman–Crippen MR) is 52.3 cm³/mol. The Labute approximate surface area is 89.8 Å². The van der Waals surface area contributed by atoms with Crippen LogP contribution in [0.15, 0.2) is 18.2 Å². The normalized spacial score (nSPS) is 12.2. The minimum Gasteiger partial charge on any atom is -0.298 e. The molecule has 80 valence electrons. The molecule has 6 heteroatoms. The molecule has 0 N–H and O–H groups in total. The smallest absolute Gasteiger partial charge is 0.277 e. The van der Waals surface area contributed by atoms with Crippen LogP contribution in [0.3, 0.4) is 0 Å². The van der Waals surface area contributed by atoms with Crippen LogP contribution in [0.2, 0.25) is 0 Å². The summed E-state index contributed by atoms with van der Waals surface area (Å²) in [6.07, 6.45) is 0. The molecule has 0 amide bonds. The molecule has 0 spiro atoms. The van der Waals surface area contributed by atoms with Crippen molar-refractivity contribution in [1.29, 1.82) is 0 Å². The third-order valence-electron chi connectivity index (χ3n) is 1.84. The van der Waals surface area contributed by atoms with E-state index >= 15 is 0 Å². The molecule has 0 fully saturated rings. The molecule has 0 heterocycles. The summed E-state index contributed by atoms with van der Waals surface area (Å²) in [6.45, 7) is 1.15. The van der Waals surface area contributed by atoms with Crippen LogP contribution in [0.25, 0.3) is 0 Å². The molecule has 4 nitrogen and oxygen atoms in total. The Balaban J connectivity index is 3.37. The van der Waals surface area contributed by atoms with Crippen LogP contribution in [-0.4, -0.2) is 10.7 Å². The Kier molecular flexibility index (Phi) is 3.36. The van der Waals surface area contributed by atoms with Gasteiger partial charge in [0.25, 0.3) is 5.69 Å². The molecule has 0 radical (unpaired) electrons. The van der Waals surface area contributed by atoms with E-state index in [-0.39, 0.29) is 5.56 Å². The van der Waals surface area contributed by atoms with Crippen molar-refractivity contribution in [1.82, 2.24) is 0 Å². The number of Topliss-reactive ketones (excluding diaryl/α,β-unsaturated/α-hetero) is 1. The van der Waals surface area contributed by atoms with E-state index in [0.29, 0.717) is 0 Å². The van der Waals surface area contributed by atoms with Crippen molar-refractivity contribution in [3.8, 4) is 0 Å². The zero-order valence-corrected chi connectivity index (χ0v) is 8.49. The predicted octanol–water partition coefficient (Wildman–Crippen LogP) is 2.60. The van der Waals surface area contributed by atoms with Crippen molar-refractivity contribution in [2.75, 3.05) is 0 Å². The Bertz CT molecular complexity index is 422. The maximum atomic E-state index is 13.3. The zero-order chi connectivity index (χ0) is 11.6. The highest BCUT2D eigenvalue weighted by Crippen LogP contribution is 2.32. The highest BCUT2D eigenvalue weighted by molar-refractivity contribution is 6.31. The molecule has 1 unspecified atom stereocenters. The van der Waals surface area contributed by atoms with Gasteiger partial charge in [0, 0.05) is 6.07 Å². The molecule has 0 aromatic heterocycles. The summed E-state index contributed by atoms with van der Waals surface area (Å²) in [5.41, 5.74) is -0.859. The number of hydrogen-bond donors (Lipinski definition) is 0. The number of alkyl halides is 1. The van der Waals surface area contributed by atoms with Crippen molar-refractivity contribution < 1.29 is 14.1 Å². The number of carbonyl (C=O) groups excluding carboxylic acids is 1. The Hall–Kier alpha value is -1.49. The lowest BCUT2D eigenvalue weighted by Gasteiger charge is -2.07. The van der Waals surface area contributed by atoms with Gasteiger partial charge in [-0.25, -0.2) is 4.39 Å². The molecule has 0 bridgehead atoms. The summed E-state index contributed by atoms with van der Waals surface area (Å²) in [6, 6.07) is 3.33. The van der Waals surface area contributed by atoms with Crippen LogP contribution < -0.4 is 0 Å². The fourth-order valence-corrected chi connectivity index (χ4v) is 1.36. The monoisotopic (exact) mass is 231 g/mol. The molecule has 0 saturated carbocycles. The van der Waals surface area contributed by atoms with E-state index in [1.165, 1.54) is 6.07 Å². The maximum absolute atomic E-state index is 13.3. The summed E-state index contributed by atoms with van der Waals surface area (Å²) in [7, 11) is 0. The molecule has 0 saturated heterocycles. The number of ketones is 1. The number of benzene rings is 1. The summed E-state index contributed by atoms with van der Waals surface area (Å²) in [5, 5.41) is 9.24. The number of nitro benzene ring substituents is 1. The number of hydrogen-bond acceptors (Lipinski definition) is 3. The van der Waals surface area contributed by atoms with Gasteiger partial charge >= 0.3 is 0 Å². The first-order valence-corrected chi connectivity index (χ1v) is 4.46. The second-order valence-electron chi connectivity index (χ2n) is 2.90. The number of nitro groups is 1. The average Bonchev–Trinajstić information content (AvgIpc) is 2.16. The first-order chi connectivity index (χ1) is 6.95. The van der Waals surface area contributed by atoms with Crippen molar-refractivity contribution in [3.63, 3.8) is 0 Å². The van der Waals surface area contributed by atoms with Crippen molar-refractivity contribution in [3.05, 3.63) is 39.7 Å². The van der Waals surface area contributed by atoms with E-state index in [1.807, 2.05) is 0 Å². The second kappa shape index (κ2) is 4.35. The van der Waals surface area contributed by atoms with Gasteiger partial charge in [-0.3, -0.25) is 14.9 Å². The summed E-state index contributed by atoms with van der Waals surface area (Å²) >= 11 is 5.60. The minimum atomic E-state index is -1.33. The van der Waals surface area contributed by atoms with Gasteiger partial charge in [0.2, 0.25) is 0 Å². The molecule has 0 aliphatic rings. The number of nitrogens with zero attached hydrogens (tertiary/aromatic N) is 1. The van der Waals surface area contributed by atoms with Gasteiger partial charge in [-0.05, 0) is 13.0 Å². The number of carbonyl (C=O) groups is 1. The Morgan fingerprint density at radius 2 is 2.20 bits per heavy atom. The van der Waals surface area contributed by atoms with Gasteiger partial charge in [-0.2, -0.15) is 0 Å². The van der Waals surface area contributed by atoms with Crippen LogP contribution in [0.1, 0.15) is 17.9 Å². The Morgan fingerprint density at radius 3 is 2.67 bits per heavy atom. The van der Waals surface area contributed by atoms with E-state index in [0.717, 1.165) is 19.1 Å². The molecule has 1 atom stereocenters. The fraction of sp³-hybridized carbons (Fsp3) is 0.222. The third kappa shape index (κ3) is 2.30. The first kappa shape index (κ1) is 11.6. The van der Waals surface area contributed by atoms with Gasteiger partial charge in [-0.1, -0.05) is 6.07 Å². The zero-order valence-electron chi connectivity index (χ0n) is 7.74. The molecule has 0 aliphatic heterocycles. The topological polar surface area (TPSA) is 60.2 Å². The van der Waals surface area contributed by atoms with E-state index < -0.39 is 27.6 Å². The fourth-order valence-electron chi connectivity index (χ4n) is 1.14. The molecular formula is C9H7ClFNO3. The quantitative estimate of drug-likeness (QED) is 0.456. The van der Waals surface area contributed by atoms with Gasteiger partial charge in [0.05, 0.1) is 10.5 Å². The second-order valence-corrected chi connectivity index (χ2v) is 3.34. The lowest BCUT2D eigenvalue weighted by atomic mass is 10.1. The van der Waals surface area contributed by atoms with E-state index in [1.54, 1.807) is 0 Å². The standard InChI is InChI=1S/C9H7ClFNO3/c1-5(13)9(10)8-6(11)3-2-4-7(8)12(14)15/h2-4,9H,1H3. The lowest BCUT2D eigenvalue weighted by Crippen LogP contribution is -2.07. The van der Waals surface area contributed by atoms with E-state index in [9.17, 15) is 19.3 Å². The number of halogens is 2. The van der Waals surface area contributed by atoms with Crippen LogP contribution in [0, 0.1) is 15.9 Å². The van der Waals surface area contributed by atoms with Gasteiger partial charge in [0.1, 0.15) is 11.2 Å². The molecule has 1 aromatic carbocycles. The third-order valence-corrected chi connectivity index (χ3v) is 2.36. The SMILES string of the molecule is CC(=O)C(Cl)c1c(F)cccc1[N+](=O)[O-]. The lowest BCUT2D eigenvalue weighted by molar-refractivity contribution is -0.385. The van der Waals surface area contributed by atoms with E-state index in [2.05, 4.69) is 0 Å². The van der Waals surface area contributed by atoms with Crippen LogP contribution in [0.5, 0.6) is 0 Å². The highest BCUT2D eigenvalue weighted by atomic mass is 35.5. The number of rotatable bonds is 3. The van der Waals surface area contributed by atoms with Crippen LogP contribution in [0.4, 0.5) is 10.1 Å². The van der Waals surface area contributed by atoms with E-state index in [4.69, 9.17) is 11.6 Å². The largest absolute Gasteiger partial charge is 0.298 e. The molecule has 1 rings (SSSR count). The molecule has 1 aromatic rings. The first-order valence-electron chi connectivity index (χ1n) is 4.02.